The fourth-order valence-electron chi connectivity index (χ4n) is 1.45. The molecule has 0 aromatic heterocycles. The quantitative estimate of drug-likeness (QED) is 0.376. The number of hydrogen-bond acceptors (Lipinski definition) is 7. The summed E-state index contributed by atoms with van der Waals surface area (Å²) in [6.45, 7) is 5.15. The van der Waals surface area contributed by atoms with Crippen LogP contribution in [0, 0.1) is 0 Å². The van der Waals surface area contributed by atoms with Gasteiger partial charge in [-0.1, -0.05) is 0 Å². The van der Waals surface area contributed by atoms with E-state index in [9.17, 15) is 14.7 Å². The van der Waals surface area contributed by atoms with E-state index in [2.05, 4.69) is 10.2 Å². The molecule has 0 unspecified atom stereocenters. The molecule has 0 radical (unpaired) electrons. The van der Waals surface area contributed by atoms with Crippen LogP contribution in [0.5, 0.6) is 0 Å². The van der Waals surface area contributed by atoms with Crippen molar-refractivity contribution in [1.82, 2.24) is 0 Å². The number of carbonyl (C=O) groups excluding carboxylic acids is 2. The molecule has 1 rings (SSSR count). The monoisotopic (exact) mass is 306 g/mol. The van der Waals surface area contributed by atoms with Gasteiger partial charge < -0.3 is 14.6 Å². The first-order valence-corrected chi connectivity index (χ1v) is 6.75. The van der Waals surface area contributed by atoms with Crippen LogP contribution in [0.2, 0.25) is 0 Å². The highest BCUT2D eigenvalue weighted by atomic mass is 16.5. The van der Waals surface area contributed by atoms with Gasteiger partial charge in [-0.2, -0.15) is 5.11 Å². The Hall–Kier alpha value is -2.70. The summed E-state index contributed by atoms with van der Waals surface area (Å²) in [7, 11) is 0. The van der Waals surface area contributed by atoms with Crippen molar-refractivity contribution in [2.75, 3.05) is 13.2 Å². The molecule has 0 spiro atoms. The Bertz CT molecular complexity index is 586. The van der Waals surface area contributed by atoms with Crippen LogP contribution < -0.4 is 0 Å². The van der Waals surface area contributed by atoms with Gasteiger partial charge in [0.25, 0.3) is 0 Å². The lowest BCUT2D eigenvalue weighted by Gasteiger charge is -2.03. The number of benzene rings is 1. The number of rotatable bonds is 6. The summed E-state index contributed by atoms with van der Waals surface area (Å²) in [6, 6.07) is 6.16. The lowest BCUT2D eigenvalue weighted by molar-refractivity contribution is -0.138. The SMILES string of the molecule is CCOC(=O)/C(N=Nc1ccc(C(=O)OCC)cc1)=C(/C)O. The molecule has 0 amide bonds. The number of ether oxygens (including phenoxy) is 2. The molecule has 1 aromatic rings. The van der Waals surface area contributed by atoms with Crippen molar-refractivity contribution < 1.29 is 24.2 Å². The van der Waals surface area contributed by atoms with E-state index in [4.69, 9.17) is 9.47 Å². The maximum absolute atomic E-state index is 11.6. The molecule has 7 nitrogen and oxygen atoms in total. The zero-order valence-corrected chi connectivity index (χ0v) is 12.7. The standard InChI is InChI=1S/C15H18N2O5/c1-4-21-14(19)11-6-8-12(9-7-11)16-17-13(10(3)18)15(20)22-5-2/h6-9,18H,4-5H2,1-3H3/b13-10+,17-16?. The largest absolute Gasteiger partial charge is 0.510 e. The second kappa shape index (κ2) is 8.56. The number of allylic oxidation sites excluding steroid dienone is 1. The molecule has 0 fully saturated rings. The number of aliphatic hydroxyl groups is 1. The number of carbonyl (C=O) groups is 2. The van der Waals surface area contributed by atoms with Gasteiger partial charge in [0, 0.05) is 0 Å². The molecule has 0 saturated heterocycles. The third-order valence-electron chi connectivity index (χ3n) is 2.46. The Morgan fingerprint density at radius 2 is 1.68 bits per heavy atom. The van der Waals surface area contributed by atoms with Crippen LogP contribution in [0.25, 0.3) is 0 Å². The topological polar surface area (TPSA) is 97.6 Å². The summed E-state index contributed by atoms with van der Waals surface area (Å²) in [6.07, 6.45) is 0. The maximum Gasteiger partial charge on any atom is 0.362 e. The van der Waals surface area contributed by atoms with Crippen molar-refractivity contribution in [3.63, 3.8) is 0 Å². The smallest absolute Gasteiger partial charge is 0.362 e. The molecular formula is C15H18N2O5. The average Bonchev–Trinajstić information content (AvgIpc) is 2.48. The van der Waals surface area contributed by atoms with Gasteiger partial charge in [-0.25, -0.2) is 9.59 Å². The molecule has 0 saturated carbocycles. The summed E-state index contributed by atoms with van der Waals surface area (Å²) in [5, 5.41) is 16.9. The van der Waals surface area contributed by atoms with Crippen molar-refractivity contribution >= 4 is 17.6 Å². The Morgan fingerprint density at radius 3 is 2.18 bits per heavy atom. The van der Waals surface area contributed by atoms with Crippen molar-refractivity contribution in [3.8, 4) is 0 Å². The summed E-state index contributed by atoms with van der Waals surface area (Å²) in [4.78, 5) is 23.1. The highest BCUT2D eigenvalue weighted by molar-refractivity contribution is 5.90. The Kier molecular flexibility index (Phi) is 6.75. The van der Waals surface area contributed by atoms with E-state index < -0.39 is 11.9 Å². The van der Waals surface area contributed by atoms with Crippen LogP contribution >= 0.6 is 0 Å². The zero-order chi connectivity index (χ0) is 16.5. The molecular weight excluding hydrogens is 288 g/mol. The van der Waals surface area contributed by atoms with Crippen LogP contribution in [0.4, 0.5) is 5.69 Å². The molecule has 0 atom stereocenters. The normalized spacial score (nSPS) is 12.0. The number of nitrogens with zero attached hydrogens (tertiary/aromatic N) is 2. The van der Waals surface area contributed by atoms with Crippen molar-refractivity contribution in [1.29, 1.82) is 0 Å². The average molecular weight is 306 g/mol. The fraction of sp³-hybridized carbons (Fsp3) is 0.333. The minimum Gasteiger partial charge on any atom is -0.510 e. The van der Waals surface area contributed by atoms with Gasteiger partial charge in [0.15, 0.2) is 0 Å². The van der Waals surface area contributed by atoms with Gasteiger partial charge in [0.2, 0.25) is 5.70 Å². The molecule has 1 N–H and O–H groups in total. The zero-order valence-electron chi connectivity index (χ0n) is 12.7. The van der Waals surface area contributed by atoms with E-state index in [-0.39, 0.29) is 18.1 Å². The molecule has 0 aliphatic carbocycles. The Morgan fingerprint density at radius 1 is 1.09 bits per heavy atom. The number of aliphatic hydroxyl groups excluding tert-OH is 1. The first-order valence-electron chi connectivity index (χ1n) is 6.75. The fourth-order valence-corrected chi connectivity index (χ4v) is 1.45. The Labute approximate surface area is 128 Å². The lowest BCUT2D eigenvalue weighted by atomic mass is 10.2. The molecule has 118 valence electrons. The number of azo groups is 1. The summed E-state index contributed by atoms with van der Waals surface area (Å²) >= 11 is 0. The molecule has 22 heavy (non-hydrogen) atoms. The summed E-state index contributed by atoms with van der Waals surface area (Å²) in [5.41, 5.74) is 0.535. The van der Waals surface area contributed by atoms with E-state index in [0.717, 1.165) is 0 Å². The van der Waals surface area contributed by atoms with Crippen LogP contribution in [-0.2, 0) is 14.3 Å². The van der Waals surface area contributed by atoms with Gasteiger partial charge in [0.1, 0.15) is 5.76 Å². The highest BCUT2D eigenvalue weighted by Crippen LogP contribution is 2.17. The lowest BCUT2D eigenvalue weighted by Crippen LogP contribution is -2.07. The van der Waals surface area contributed by atoms with E-state index in [0.29, 0.717) is 17.9 Å². The first kappa shape index (κ1) is 17.4. The van der Waals surface area contributed by atoms with Gasteiger partial charge >= 0.3 is 11.9 Å². The van der Waals surface area contributed by atoms with E-state index >= 15 is 0 Å². The summed E-state index contributed by atoms with van der Waals surface area (Å²) < 4.78 is 9.62. The molecule has 1 aromatic carbocycles. The van der Waals surface area contributed by atoms with Crippen LogP contribution in [0.3, 0.4) is 0 Å². The minimum atomic E-state index is -0.755. The van der Waals surface area contributed by atoms with Gasteiger partial charge in [-0.15, -0.1) is 5.11 Å². The van der Waals surface area contributed by atoms with Crippen LogP contribution in [0.15, 0.2) is 46.0 Å². The third kappa shape index (κ3) is 5.01. The van der Waals surface area contributed by atoms with E-state index in [1.54, 1.807) is 26.0 Å². The van der Waals surface area contributed by atoms with E-state index in [1.807, 2.05) is 0 Å². The molecule has 7 heteroatoms. The second-order valence-electron chi connectivity index (χ2n) is 4.12. The van der Waals surface area contributed by atoms with Crippen LogP contribution in [-0.4, -0.2) is 30.3 Å². The van der Waals surface area contributed by atoms with Crippen molar-refractivity contribution in [2.24, 2.45) is 10.2 Å². The number of esters is 2. The first-order chi connectivity index (χ1) is 10.5. The van der Waals surface area contributed by atoms with Crippen molar-refractivity contribution in [3.05, 3.63) is 41.3 Å². The Balaban J connectivity index is 2.87. The maximum atomic E-state index is 11.6. The molecule has 0 heterocycles. The highest BCUT2D eigenvalue weighted by Gasteiger charge is 2.14. The van der Waals surface area contributed by atoms with Gasteiger partial charge in [-0.05, 0) is 45.0 Å². The number of hydrogen-bond donors (Lipinski definition) is 1. The molecule has 0 aliphatic rings. The predicted molar refractivity (Wildman–Crippen MR) is 78.9 cm³/mol. The second-order valence-corrected chi connectivity index (χ2v) is 4.12. The van der Waals surface area contributed by atoms with Crippen molar-refractivity contribution in [2.45, 2.75) is 20.8 Å². The van der Waals surface area contributed by atoms with E-state index in [1.165, 1.54) is 19.1 Å². The van der Waals surface area contributed by atoms with Crippen LogP contribution in [0.1, 0.15) is 31.1 Å². The van der Waals surface area contributed by atoms with Gasteiger partial charge in [-0.3, -0.25) is 0 Å². The van der Waals surface area contributed by atoms with Gasteiger partial charge in [0.05, 0.1) is 24.5 Å². The minimum absolute atomic E-state index is 0.166. The predicted octanol–water partition coefficient (Wildman–Crippen LogP) is 3.30. The molecule has 0 bridgehead atoms. The third-order valence-corrected chi connectivity index (χ3v) is 2.46. The molecule has 0 aliphatic heterocycles. The summed E-state index contributed by atoms with van der Waals surface area (Å²) in [5.74, 6) is -1.47.